The fraction of sp³-hybridized carbons (Fsp3) is 0.500. The van der Waals surface area contributed by atoms with E-state index in [4.69, 9.17) is 26.1 Å². The van der Waals surface area contributed by atoms with Gasteiger partial charge in [-0.05, 0) is 43.4 Å². The Morgan fingerprint density at radius 1 is 1.38 bits per heavy atom. The van der Waals surface area contributed by atoms with Crippen molar-refractivity contribution >= 4 is 28.6 Å². The highest BCUT2D eigenvalue weighted by molar-refractivity contribution is 6.31. The molecule has 4 heterocycles. The fourth-order valence-electron chi connectivity index (χ4n) is 5.74. The zero-order valence-corrected chi connectivity index (χ0v) is 15.2. The third-order valence-corrected chi connectivity index (χ3v) is 7.16. The Morgan fingerprint density at radius 2 is 2.27 bits per heavy atom. The summed E-state index contributed by atoms with van der Waals surface area (Å²) in [5.41, 5.74) is 1.77. The smallest absolute Gasteiger partial charge is 0.337 e. The third kappa shape index (κ3) is 1.71. The number of nitrogens with one attached hydrogen (secondary N) is 1. The number of aromatic amines is 1. The number of fused-ring (bicyclic) bond motifs is 2. The second kappa shape index (κ2) is 4.70. The van der Waals surface area contributed by atoms with Crippen LogP contribution in [-0.4, -0.2) is 33.2 Å². The van der Waals surface area contributed by atoms with Crippen molar-refractivity contribution in [3.8, 4) is 0 Å². The first-order chi connectivity index (χ1) is 12.5. The van der Waals surface area contributed by atoms with Crippen LogP contribution in [0.15, 0.2) is 29.8 Å². The minimum absolute atomic E-state index is 0.116. The van der Waals surface area contributed by atoms with Gasteiger partial charge in [0.2, 0.25) is 0 Å². The minimum Gasteiger partial charge on any atom is -0.455 e. The number of aromatic nitrogens is 2. The first kappa shape index (κ1) is 15.2. The molecule has 1 saturated carbocycles. The van der Waals surface area contributed by atoms with E-state index in [0.29, 0.717) is 17.4 Å². The quantitative estimate of drug-likeness (QED) is 0.821. The maximum Gasteiger partial charge on any atom is 0.337 e. The molecular formula is C20H19ClN2O3. The van der Waals surface area contributed by atoms with Gasteiger partial charge >= 0.3 is 5.97 Å². The third-order valence-electron chi connectivity index (χ3n) is 6.92. The van der Waals surface area contributed by atoms with E-state index in [1.54, 1.807) is 0 Å². The Bertz CT molecular complexity index is 998. The number of H-pyrrole nitrogens is 1. The van der Waals surface area contributed by atoms with Crippen molar-refractivity contribution in [2.45, 2.75) is 49.9 Å². The van der Waals surface area contributed by atoms with Crippen LogP contribution in [-0.2, 0) is 20.7 Å². The van der Waals surface area contributed by atoms with Crippen LogP contribution in [0.2, 0.25) is 5.02 Å². The molecule has 1 aromatic carbocycles. The number of carbonyl (C=O) groups excluding carboxylic acids is 1. The lowest BCUT2D eigenvalue weighted by molar-refractivity contribution is -0.149. The van der Waals surface area contributed by atoms with E-state index in [-0.39, 0.29) is 23.6 Å². The van der Waals surface area contributed by atoms with Crippen molar-refractivity contribution in [1.29, 1.82) is 0 Å². The summed E-state index contributed by atoms with van der Waals surface area (Å²) in [7, 11) is 0. The van der Waals surface area contributed by atoms with Crippen LogP contribution >= 0.6 is 11.6 Å². The molecule has 1 N–H and O–H groups in total. The van der Waals surface area contributed by atoms with Crippen molar-refractivity contribution in [2.75, 3.05) is 0 Å². The van der Waals surface area contributed by atoms with Crippen LogP contribution in [0.1, 0.15) is 32.0 Å². The molecular weight excluding hydrogens is 352 g/mol. The number of ether oxygens (including phenoxy) is 2. The molecule has 1 spiro atoms. The molecule has 5 nitrogen and oxygen atoms in total. The Hall–Kier alpha value is -1.85. The van der Waals surface area contributed by atoms with Gasteiger partial charge in [-0.25, -0.2) is 9.78 Å². The monoisotopic (exact) mass is 370 g/mol. The second-order valence-corrected chi connectivity index (χ2v) is 8.66. The number of rotatable bonds is 2. The van der Waals surface area contributed by atoms with E-state index in [0.717, 1.165) is 41.7 Å². The maximum atomic E-state index is 12.3. The molecule has 2 aromatic rings. The van der Waals surface area contributed by atoms with Crippen LogP contribution in [0.4, 0.5) is 0 Å². The normalized spacial score (nSPS) is 40.0. The molecule has 0 radical (unpaired) electrons. The Balaban J connectivity index is 1.43. The molecule has 5 atom stereocenters. The summed E-state index contributed by atoms with van der Waals surface area (Å²) in [5, 5.41) is 0.694. The molecule has 134 valence electrons. The summed E-state index contributed by atoms with van der Waals surface area (Å²) in [6, 6.07) is 5.68. The summed E-state index contributed by atoms with van der Waals surface area (Å²) in [4.78, 5) is 20.5. The number of esters is 1. The molecule has 3 aliphatic heterocycles. The highest BCUT2D eigenvalue weighted by Crippen LogP contribution is 2.64. The zero-order chi connectivity index (χ0) is 17.7. The summed E-state index contributed by atoms with van der Waals surface area (Å²) < 4.78 is 12.4. The summed E-state index contributed by atoms with van der Waals surface area (Å²) in [5.74, 6) is 1.22. The number of benzene rings is 1. The minimum atomic E-state index is -0.515. The Morgan fingerprint density at radius 3 is 3.15 bits per heavy atom. The van der Waals surface area contributed by atoms with Gasteiger partial charge in [0.1, 0.15) is 17.5 Å². The van der Waals surface area contributed by atoms with Gasteiger partial charge < -0.3 is 14.5 Å². The number of hydrogen-bond donors (Lipinski definition) is 1. The fourth-order valence-corrected chi connectivity index (χ4v) is 5.91. The summed E-state index contributed by atoms with van der Waals surface area (Å²) >= 11 is 6.09. The molecule has 1 aromatic heterocycles. The molecule has 6 rings (SSSR count). The van der Waals surface area contributed by atoms with Gasteiger partial charge in [-0.3, -0.25) is 0 Å². The van der Waals surface area contributed by atoms with Gasteiger partial charge in [-0.15, -0.1) is 0 Å². The van der Waals surface area contributed by atoms with Crippen LogP contribution in [0.25, 0.3) is 11.0 Å². The van der Waals surface area contributed by atoms with Crippen molar-refractivity contribution in [3.63, 3.8) is 0 Å². The van der Waals surface area contributed by atoms with Crippen molar-refractivity contribution in [2.24, 2.45) is 11.8 Å². The van der Waals surface area contributed by atoms with Gasteiger partial charge in [-0.2, -0.15) is 0 Å². The summed E-state index contributed by atoms with van der Waals surface area (Å²) in [6.07, 6.45) is 5.59. The van der Waals surface area contributed by atoms with Gasteiger partial charge in [0.05, 0.1) is 22.2 Å². The molecule has 0 amide bonds. The first-order valence-corrected chi connectivity index (χ1v) is 9.66. The predicted molar refractivity (Wildman–Crippen MR) is 95.8 cm³/mol. The molecule has 3 fully saturated rings. The van der Waals surface area contributed by atoms with Crippen LogP contribution in [0.3, 0.4) is 0 Å². The van der Waals surface area contributed by atoms with Crippen molar-refractivity contribution in [1.82, 2.24) is 9.97 Å². The SMILES string of the molecule is CC1C=C2C(=O)O[C@@H]3CCC4CC1(Cc1nc5ccc(Cl)cc5[nH]1)O[C@]243. The number of imidazole rings is 1. The van der Waals surface area contributed by atoms with E-state index in [1.807, 2.05) is 18.2 Å². The van der Waals surface area contributed by atoms with Crippen molar-refractivity contribution in [3.05, 3.63) is 40.7 Å². The Labute approximate surface area is 155 Å². The van der Waals surface area contributed by atoms with Crippen LogP contribution in [0, 0.1) is 11.8 Å². The van der Waals surface area contributed by atoms with E-state index in [9.17, 15) is 4.79 Å². The van der Waals surface area contributed by atoms with Gasteiger partial charge in [0.25, 0.3) is 0 Å². The lowest BCUT2D eigenvalue weighted by atomic mass is 9.81. The largest absolute Gasteiger partial charge is 0.455 e. The number of nitrogens with zero attached hydrogens (tertiary/aromatic N) is 1. The van der Waals surface area contributed by atoms with Gasteiger partial charge in [-0.1, -0.05) is 24.6 Å². The Kier molecular flexibility index (Phi) is 2.75. The highest BCUT2D eigenvalue weighted by atomic mass is 35.5. The molecule has 1 aliphatic carbocycles. The standard InChI is InChI=1S/C20H19ClN2O3/c1-10-6-13-18(24)25-16-5-2-11-8-19(10,26-20(11,13)16)9-17-22-14-4-3-12(21)7-15(14)23-17/h3-4,6-7,10-11,16H,2,5,8-9H2,1H3,(H,22,23)/t10?,11?,16-,19?,20+/m1/s1. The van der Waals surface area contributed by atoms with Crippen LogP contribution < -0.4 is 0 Å². The molecule has 6 heteroatoms. The van der Waals surface area contributed by atoms with Gasteiger partial charge in [0, 0.05) is 17.4 Å². The molecule has 2 bridgehead atoms. The van der Waals surface area contributed by atoms with E-state index < -0.39 is 5.60 Å². The predicted octanol–water partition coefficient (Wildman–Crippen LogP) is 3.57. The zero-order valence-electron chi connectivity index (χ0n) is 14.4. The van der Waals surface area contributed by atoms with Gasteiger partial charge in [0.15, 0.2) is 0 Å². The highest BCUT2D eigenvalue weighted by Gasteiger charge is 2.72. The average molecular weight is 371 g/mol. The van der Waals surface area contributed by atoms with Crippen molar-refractivity contribution < 1.29 is 14.3 Å². The first-order valence-electron chi connectivity index (χ1n) is 9.28. The molecule has 3 unspecified atom stereocenters. The van der Waals surface area contributed by atoms with E-state index in [1.165, 1.54) is 0 Å². The molecule has 4 aliphatic rings. The molecule has 2 saturated heterocycles. The van der Waals surface area contributed by atoms with E-state index >= 15 is 0 Å². The lowest BCUT2D eigenvalue weighted by Crippen LogP contribution is -2.49. The molecule has 26 heavy (non-hydrogen) atoms. The maximum absolute atomic E-state index is 12.3. The number of halogens is 1. The van der Waals surface area contributed by atoms with E-state index in [2.05, 4.69) is 18.0 Å². The lowest BCUT2D eigenvalue weighted by Gasteiger charge is -2.40. The average Bonchev–Trinajstić information content (AvgIpc) is 3.26. The number of carbonyl (C=O) groups is 1. The number of hydrogen-bond acceptors (Lipinski definition) is 4. The second-order valence-electron chi connectivity index (χ2n) is 8.22. The topological polar surface area (TPSA) is 64.2 Å². The van der Waals surface area contributed by atoms with Crippen LogP contribution in [0.5, 0.6) is 0 Å². The summed E-state index contributed by atoms with van der Waals surface area (Å²) in [6.45, 7) is 2.14.